The first-order valence-electron chi connectivity index (χ1n) is 9.05. The van der Waals surface area contributed by atoms with Crippen LogP contribution < -0.4 is 0 Å². The zero-order valence-corrected chi connectivity index (χ0v) is 17.3. The highest BCUT2D eigenvalue weighted by atomic mass is 35.5. The van der Waals surface area contributed by atoms with Crippen LogP contribution in [0.25, 0.3) is 11.4 Å². The van der Waals surface area contributed by atoms with Crippen LogP contribution in [0.3, 0.4) is 0 Å². The van der Waals surface area contributed by atoms with Gasteiger partial charge in [-0.15, -0.1) is 10.2 Å². The van der Waals surface area contributed by atoms with Gasteiger partial charge in [0.2, 0.25) is 0 Å². The first-order chi connectivity index (χ1) is 13.6. The van der Waals surface area contributed by atoms with Crippen LogP contribution in [0.5, 0.6) is 0 Å². The van der Waals surface area contributed by atoms with Gasteiger partial charge in [-0.05, 0) is 36.2 Å². The highest BCUT2D eigenvalue weighted by Crippen LogP contribution is 2.40. The maximum absolute atomic E-state index is 6.10. The Morgan fingerprint density at radius 2 is 1.57 bits per heavy atom. The Kier molecular flexibility index (Phi) is 5.51. The Bertz CT molecular complexity index is 1070. The fourth-order valence-electron chi connectivity index (χ4n) is 3.15. The molecule has 0 fully saturated rings. The third-order valence-electron chi connectivity index (χ3n) is 4.61. The topological polar surface area (TPSA) is 30.7 Å². The molecule has 28 heavy (non-hydrogen) atoms. The lowest BCUT2D eigenvalue weighted by Crippen LogP contribution is -2.00. The summed E-state index contributed by atoms with van der Waals surface area (Å²) >= 11 is 7.79. The molecule has 3 nitrogen and oxygen atoms in total. The van der Waals surface area contributed by atoms with Gasteiger partial charge < -0.3 is 4.57 Å². The number of aromatic nitrogens is 3. The summed E-state index contributed by atoms with van der Waals surface area (Å²) in [7, 11) is 2.02. The lowest BCUT2D eigenvalue weighted by molar-refractivity contribution is 0.791. The Morgan fingerprint density at radius 1 is 0.857 bits per heavy atom. The third kappa shape index (κ3) is 3.98. The SMILES string of the molecule is Cc1cccc(-c2nnc(S[C@H](c3ccccc3)c3ccc(Cl)cc3)n2C)c1. The number of rotatable bonds is 5. The highest BCUT2D eigenvalue weighted by Gasteiger charge is 2.20. The second-order valence-corrected chi connectivity index (χ2v) is 8.20. The van der Waals surface area contributed by atoms with Crippen molar-refractivity contribution >= 4 is 23.4 Å². The smallest absolute Gasteiger partial charge is 0.192 e. The summed E-state index contributed by atoms with van der Waals surface area (Å²) in [6.07, 6.45) is 0. The molecule has 140 valence electrons. The number of nitrogens with zero attached hydrogens (tertiary/aromatic N) is 3. The fourth-order valence-corrected chi connectivity index (χ4v) is 4.41. The van der Waals surface area contributed by atoms with Crippen LogP contribution in [-0.4, -0.2) is 14.8 Å². The van der Waals surface area contributed by atoms with Gasteiger partial charge in [-0.2, -0.15) is 0 Å². The number of benzene rings is 3. The van der Waals surface area contributed by atoms with Crippen LogP contribution >= 0.6 is 23.4 Å². The quantitative estimate of drug-likeness (QED) is 0.363. The molecule has 1 atom stereocenters. The minimum absolute atomic E-state index is 0.103. The summed E-state index contributed by atoms with van der Waals surface area (Å²) in [6.45, 7) is 2.08. The van der Waals surface area contributed by atoms with E-state index in [1.165, 1.54) is 16.7 Å². The molecule has 0 saturated carbocycles. The molecule has 4 aromatic rings. The van der Waals surface area contributed by atoms with Crippen LogP contribution in [0.1, 0.15) is 21.9 Å². The van der Waals surface area contributed by atoms with Crippen molar-refractivity contribution in [2.24, 2.45) is 7.05 Å². The first kappa shape index (κ1) is 18.8. The fraction of sp³-hybridized carbons (Fsp3) is 0.130. The van der Waals surface area contributed by atoms with E-state index in [0.29, 0.717) is 0 Å². The molecule has 0 amide bonds. The van der Waals surface area contributed by atoms with E-state index in [0.717, 1.165) is 21.6 Å². The summed E-state index contributed by atoms with van der Waals surface area (Å²) in [5.74, 6) is 0.870. The van der Waals surface area contributed by atoms with E-state index in [1.807, 2.05) is 31.3 Å². The zero-order valence-electron chi connectivity index (χ0n) is 15.7. The van der Waals surface area contributed by atoms with Crippen molar-refractivity contribution in [1.82, 2.24) is 14.8 Å². The molecule has 0 saturated heterocycles. The molecule has 0 bridgehead atoms. The summed E-state index contributed by atoms with van der Waals surface area (Å²) in [5.41, 5.74) is 4.68. The first-order valence-corrected chi connectivity index (χ1v) is 10.3. The lowest BCUT2D eigenvalue weighted by atomic mass is 10.0. The number of hydrogen-bond donors (Lipinski definition) is 0. The third-order valence-corrected chi connectivity index (χ3v) is 6.21. The average molecular weight is 406 g/mol. The Balaban J connectivity index is 1.71. The molecule has 0 spiro atoms. The maximum Gasteiger partial charge on any atom is 0.192 e. The molecule has 0 aliphatic carbocycles. The minimum atomic E-state index is 0.103. The average Bonchev–Trinajstić information content (AvgIpc) is 3.08. The number of thioether (sulfide) groups is 1. The monoisotopic (exact) mass is 405 g/mol. The van der Waals surface area contributed by atoms with Gasteiger partial charge in [0.1, 0.15) is 0 Å². The van der Waals surface area contributed by atoms with Crippen molar-refractivity contribution in [3.8, 4) is 11.4 Å². The minimum Gasteiger partial charge on any atom is -0.305 e. The van der Waals surface area contributed by atoms with Gasteiger partial charge in [0, 0.05) is 17.6 Å². The van der Waals surface area contributed by atoms with Gasteiger partial charge in [0.05, 0.1) is 5.25 Å². The van der Waals surface area contributed by atoms with Gasteiger partial charge >= 0.3 is 0 Å². The van der Waals surface area contributed by atoms with Crippen molar-refractivity contribution in [1.29, 1.82) is 0 Å². The van der Waals surface area contributed by atoms with Crippen molar-refractivity contribution in [3.05, 3.63) is 101 Å². The molecule has 4 rings (SSSR count). The number of hydrogen-bond acceptors (Lipinski definition) is 3. The summed E-state index contributed by atoms with van der Waals surface area (Å²) in [6, 6.07) is 26.8. The molecule has 1 heterocycles. The van der Waals surface area contributed by atoms with Crippen LogP contribution in [0, 0.1) is 6.92 Å². The summed E-state index contributed by atoms with van der Waals surface area (Å²) < 4.78 is 2.06. The van der Waals surface area contributed by atoms with E-state index in [9.17, 15) is 0 Å². The molecule has 1 aromatic heterocycles. The second-order valence-electron chi connectivity index (χ2n) is 6.69. The van der Waals surface area contributed by atoms with Crippen LogP contribution in [-0.2, 0) is 7.05 Å². The van der Waals surface area contributed by atoms with E-state index in [-0.39, 0.29) is 5.25 Å². The molecule has 0 aliphatic heterocycles. The van der Waals surface area contributed by atoms with Crippen molar-refractivity contribution in [2.75, 3.05) is 0 Å². The summed E-state index contributed by atoms with van der Waals surface area (Å²) in [5, 5.41) is 10.6. The van der Waals surface area contributed by atoms with E-state index in [4.69, 9.17) is 11.6 Å². The van der Waals surface area contributed by atoms with Gasteiger partial charge in [-0.1, -0.05) is 89.6 Å². The molecule has 0 aliphatic rings. The Hall–Kier alpha value is -2.56. The van der Waals surface area contributed by atoms with Crippen LogP contribution in [0.4, 0.5) is 0 Å². The molecular weight excluding hydrogens is 386 g/mol. The maximum atomic E-state index is 6.10. The van der Waals surface area contributed by atoms with Crippen molar-refractivity contribution in [3.63, 3.8) is 0 Å². The van der Waals surface area contributed by atoms with Crippen LogP contribution in [0.15, 0.2) is 84.0 Å². The van der Waals surface area contributed by atoms with Gasteiger partial charge in [0.25, 0.3) is 0 Å². The van der Waals surface area contributed by atoms with E-state index < -0.39 is 0 Å². The number of aryl methyl sites for hydroxylation is 1. The largest absolute Gasteiger partial charge is 0.305 e. The predicted molar refractivity (Wildman–Crippen MR) is 117 cm³/mol. The number of halogens is 1. The van der Waals surface area contributed by atoms with E-state index in [1.54, 1.807) is 11.8 Å². The van der Waals surface area contributed by atoms with Gasteiger partial charge in [-0.25, -0.2) is 0 Å². The standard InChI is InChI=1S/C23H20ClN3S/c1-16-7-6-10-19(15-16)22-25-26-23(27(22)2)28-21(17-8-4-3-5-9-17)18-11-13-20(24)14-12-18/h3-15,21H,1-2H3/t21-/m1/s1. The molecule has 0 unspecified atom stereocenters. The summed E-state index contributed by atoms with van der Waals surface area (Å²) in [4.78, 5) is 0. The van der Waals surface area contributed by atoms with Gasteiger partial charge in [0.15, 0.2) is 11.0 Å². The zero-order chi connectivity index (χ0) is 19.5. The van der Waals surface area contributed by atoms with Crippen molar-refractivity contribution < 1.29 is 0 Å². The van der Waals surface area contributed by atoms with Crippen LogP contribution in [0.2, 0.25) is 5.02 Å². The van der Waals surface area contributed by atoms with E-state index in [2.05, 4.69) is 76.3 Å². The molecule has 5 heteroatoms. The molecule has 0 radical (unpaired) electrons. The molecule has 0 N–H and O–H groups in total. The van der Waals surface area contributed by atoms with Gasteiger partial charge in [-0.3, -0.25) is 0 Å². The predicted octanol–water partition coefficient (Wildman–Crippen LogP) is 6.33. The van der Waals surface area contributed by atoms with E-state index >= 15 is 0 Å². The molecular formula is C23H20ClN3S. The second kappa shape index (κ2) is 8.21. The highest BCUT2D eigenvalue weighted by molar-refractivity contribution is 7.99. The Morgan fingerprint density at radius 3 is 2.29 bits per heavy atom. The van der Waals surface area contributed by atoms with Crippen molar-refractivity contribution in [2.45, 2.75) is 17.3 Å². The Labute approximate surface area is 174 Å². The normalized spacial score (nSPS) is 12.1. The molecule has 3 aromatic carbocycles. The lowest BCUT2D eigenvalue weighted by Gasteiger charge is -2.17.